The summed E-state index contributed by atoms with van der Waals surface area (Å²) in [5.41, 5.74) is -0.737. The Morgan fingerprint density at radius 1 is 1.52 bits per heavy atom. The fraction of sp³-hybridized carbons (Fsp3) is 0.333. The molecule has 1 amide bonds. The number of benzene rings is 1. The minimum absolute atomic E-state index is 0.0120. The Hall–Kier alpha value is -3.01. The third kappa shape index (κ3) is 3.43. The Kier molecular flexibility index (Phi) is 5.32. The number of aliphatic hydroxyl groups excluding tert-OH is 1. The number of β-amino-alcohol motifs (C(OH)–C–C–N with tert-alkyl or cyclic N) is 1. The van der Waals surface area contributed by atoms with E-state index >= 15 is 0 Å². The van der Waals surface area contributed by atoms with Crippen LogP contribution in [0.5, 0.6) is 0 Å². The van der Waals surface area contributed by atoms with E-state index in [4.69, 9.17) is 5.11 Å². The highest BCUT2D eigenvalue weighted by molar-refractivity contribution is 6.08. The number of nitro benzene ring substituents is 1. The van der Waals surface area contributed by atoms with E-state index in [1.54, 1.807) is 0 Å². The first-order valence-electron chi connectivity index (χ1n) is 7.23. The van der Waals surface area contributed by atoms with Crippen molar-refractivity contribution in [3.63, 3.8) is 0 Å². The van der Waals surface area contributed by atoms with Crippen molar-refractivity contribution in [3.05, 3.63) is 44.9 Å². The molecule has 1 aromatic rings. The quantitative estimate of drug-likeness (QED) is 0.439. The van der Waals surface area contributed by atoms with E-state index in [2.05, 4.69) is 10.1 Å². The van der Waals surface area contributed by atoms with E-state index in [1.165, 1.54) is 17.9 Å². The molecule has 0 aromatic heterocycles. The summed E-state index contributed by atoms with van der Waals surface area (Å²) in [4.78, 5) is 35.4. The zero-order valence-corrected chi connectivity index (χ0v) is 13.5. The first-order valence-corrected chi connectivity index (χ1v) is 7.23. The van der Waals surface area contributed by atoms with Gasteiger partial charge in [0.05, 0.1) is 30.8 Å². The molecule has 0 unspecified atom stereocenters. The van der Waals surface area contributed by atoms with Crippen molar-refractivity contribution in [2.75, 3.05) is 32.1 Å². The molecule has 0 aliphatic carbocycles. The van der Waals surface area contributed by atoms with Gasteiger partial charge in [0, 0.05) is 23.9 Å². The molecule has 0 saturated heterocycles. The fourth-order valence-electron chi connectivity index (χ4n) is 2.43. The number of amides is 1. The van der Waals surface area contributed by atoms with Crippen LogP contribution < -0.4 is 5.32 Å². The third-order valence-electron chi connectivity index (χ3n) is 3.78. The predicted octanol–water partition coefficient (Wildman–Crippen LogP) is 0.716. The second-order valence-corrected chi connectivity index (χ2v) is 5.25. The molecule has 0 saturated carbocycles. The molecule has 1 aliphatic rings. The number of esters is 1. The Bertz CT molecular complexity index is 777. The number of carbonyl (C=O) groups excluding carboxylic acids is 2. The summed E-state index contributed by atoms with van der Waals surface area (Å²) in [5, 5.41) is 22.4. The van der Waals surface area contributed by atoms with Crippen molar-refractivity contribution in [3.8, 4) is 0 Å². The van der Waals surface area contributed by atoms with Crippen LogP contribution in [0.4, 0.5) is 15.8 Å². The molecule has 1 heterocycles. The van der Waals surface area contributed by atoms with Crippen molar-refractivity contribution in [1.29, 1.82) is 0 Å². The topological polar surface area (TPSA) is 122 Å². The maximum Gasteiger partial charge on any atom is 0.337 e. The smallest absolute Gasteiger partial charge is 0.337 e. The number of nitrogens with zero attached hydrogens (tertiary/aromatic N) is 2. The molecule has 2 N–H and O–H groups in total. The van der Waals surface area contributed by atoms with Gasteiger partial charge in [-0.3, -0.25) is 14.9 Å². The van der Waals surface area contributed by atoms with Crippen LogP contribution in [0.2, 0.25) is 0 Å². The molecule has 1 aliphatic heterocycles. The number of aliphatic hydroxyl groups is 1. The van der Waals surface area contributed by atoms with Gasteiger partial charge in [-0.2, -0.15) is 4.39 Å². The summed E-state index contributed by atoms with van der Waals surface area (Å²) in [6, 6.07) is 2.22. The molecule has 134 valence electrons. The number of ether oxygens (including phenoxy) is 1. The molecule has 9 nitrogen and oxygen atoms in total. The summed E-state index contributed by atoms with van der Waals surface area (Å²) in [5.74, 6) is -2.34. The molecular formula is C15H16FN3O6. The molecule has 0 fully saturated rings. The van der Waals surface area contributed by atoms with Crippen LogP contribution in [0.3, 0.4) is 0 Å². The normalized spacial score (nSPS) is 14.1. The average Bonchev–Trinajstić information content (AvgIpc) is 2.88. The molecule has 1 aromatic carbocycles. The van der Waals surface area contributed by atoms with Crippen molar-refractivity contribution < 1.29 is 28.7 Å². The molecule has 0 atom stereocenters. The highest BCUT2D eigenvalue weighted by atomic mass is 19.1. The molecule has 0 radical (unpaired) electrons. The number of methoxy groups -OCH3 is 1. The van der Waals surface area contributed by atoms with Gasteiger partial charge in [-0.05, 0) is 13.0 Å². The summed E-state index contributed by atoms with van der Waals surface area (Å²) in [7, 11) is 1.16. The Labute approximate surface area is 141 Å². The second-order valence-electron chi connectivity index (χ2n) is 5.25. The van der Waals surface area contributed by atoms with Crippen LogP contribution in [0, 0.1) is 22.9 Å². The lowest BCUT2D eigenvalue weighted by atomic mass is 10.1. The molecule has 25 heavy (non-hydrogen) atoms. The Balaban J connectivity index is 2.42. The number of nitrogens with one attached hydrogen (secondary N) is 1. The van der Waals surface area contributed by atoms with E-state index < -0.39 is 28.3 Å². The third-order valence-corrected chi connectivity index (χ3v) is 3.78. The van der Waals surface area contributed by atoms with Gasteiger partial charge in [-0.25, -0.2) is 4.79 Å². The van der Waals surface area contributed by atoms with E-state index in [9.17, 15) is 24.1 Å². The lowest BCUT2D eigenvalue weighted by molar-refractivity contribution is -0.387. The number of rotatable bonds is 6. The number of nitro groups is 1. The van der Waals surface area contributed by atoms with E-state index in [1.807, 2.05) is 0 Å². The van der Waals surface area contributed by atoms with Gasteiger partial charge >= 0.3 is 11.7 Å². The first-order chi connectivity index (χ1) is 11.8. The summed E-state index contributed by atoms with van der Waals surface area (Å²) >= 11 is 0. The van der Waals surface area contributed by atoms with Gasteiger partial charge in [-0.15, -0.1) is 0 Å². The highest BCUT2D eigenvalue weighted by Crippen LogP contribution is 2.29. The molecule has 10 heteroatoms. The van der Waals surface area contributed by atoms with Crippen LogP contribution in [-0.2, 0) is 14.3 Å². The van der Waals surface area contributed by atoms with E-state index in [0.717, 1.165) is 13.2 Å². The maximum absolute atomic E-state index is 14.1. The Morgan fingerprint density at radius 2 is 2.20 bits per heavy atom. The molecular weight excluding hydrogens is 337 g/mol. The van der Waals surface area contributed by atoms with Gasteiger partial charge in [0.1, 0.15) is 5.70 Å². The predicted molar refractivity (Wildman–Crippen MR) is 84.1 cm³/mol. The minimum Gasteiger partial charge on any atom is -0.466 e. The van der Waals surface area contributed by atoms with Crippen LogP contribution in [0.15, 0.2) is 23.4 Å². The number of hydrogen-bond acceptors (Lipinski definition) is 7. The van der Waals surface area contributed by atoms with E-state index in [0.29, 0.717) is 0 Å². The van der Waals surface area contributed by atoms with Gasteiger partial charge < -0.3 is 20.1 Å². The first kappa shape index (κ1) is 18.3. The van der Waals surface area contributed by atoms with Gasteiger partial charge in [0.2, 0.25) is 5.82 Å². The number of halogens is 1. The highest BCUT2D eigenvalue weighted by Gasteiger charge is 2.35. The zero-order chi connectivity index (χ0) is 18.7. The van der Waals surface area contributed by atoms with Gasteiger partial charge in [0.15, 0.2) is 0 Å². The van der Waals surface area contributed by atoms with Gasteiger partial charge in [0.25, 0.3) is 5.91 Å². The van der Waals surface area contributed by atoms with Crippen LogP contribution >= 0.6 is 0 Å². The van der Waals surface area contributed by atoms with Crippen molar-refractivity contribution in [2.24, 2.45) is 0 Å². The molecule has 0 spiro atoms. The number of anilines is 1. The lowest BCUT2D eigenvalue weighted by Gasteiger charge is -2.15. The zero-order valence-electron chi connectivity index (χ0n) is 13.5. The largest absolute Gasteiger partial charge is 0.466 e. The van der Waals surface area contributed by atoms with Crippen molar-refractivity contribution in [2.45, 2.75) is 6.92 Å². The van der Waals surface area contributed by atoms with Crippen LogP contribution in [0.25, 0.3) is 0 Å². The standard InChI is InChI=1S/C15H16FN3O6/c1-8-10(3-4-11(12(8)16)19(23)24)17-13-9(15(22)25-2)7-18(5-6-20)14(13)21/h3-4,17,20H,5-7H2,1-2H3. The fourth-order valence-corrected chi connectivity index (χ4v) is 2.43. The summed E-state index contributed by atoms with van der Waals surface area (Å²) in [6.45, 7) is 0.966. The summed E-state index contributed by atoms with van der Waals surface area (Å²) in [6.07, 6.45) is 0. The number of carbonyl (C=O) groups is 2. The van der Waals surface area contributed by atoms with E-state index in [-0.39, 0.29) is 42.2 Å². The van der Waals surface area contributed by atoms with Crippen molar-refractivity contribution >= 4 is 23.3 Å². The minimum atomic E-state index is -1.03. The van der Waals surface area contributed by atoms with Crippen LogP contribution in [-0.4, -0.2) is 53.6 Å². The Morgan fingerprint density at radius 3 is 2.76 bits per heavy atom. The van der Waals surface area contributed by atoms with Gasteiger partial charge in [-0.1, -0.05) is 0 Å². The monoisotopic (exact) mass is 353 g/mol. The average molecular weight is 353 g/mol. The number of hydrogen-bond donors (Lipinski definition) is 2. The maximum atomic E-state index is 14.1. The second kappa shape index (κ2) is 7.26. The lowest BCUT2D eigenvalue weighted by Crippen LogP contribution is -2.31. The SMILES string of the molecule is COC(=O)C1=C(Nc2ccc([N+](=O)[O-])c(F)c2C)C(=O)N(CCO)C1. The van der Waals surface area contributed by atoms with Crippen molar-refractivity contribution in [1.82, 2.24) is 4.90 Å². The molecule has 0 bridgehead atoms. The molecule has 2 rings (SSSR count). The summed E-state index contributed by atoms with van der Waals surface area (Å²) < 4.78 is 18.7. The van der Waals surface area contributed by atoms with Crippen LogP contribution in [0.1, 0.15) is 5.56 Å².